The van der Waals surface area contributed by atoms with Gasteiger partial charge >= 0.3 is 0 Å². The van der Waals surface area contributed by atoms with Gasteiger partial charge in [-0.15, -0.1) is 0 Å². The van der Waals surface area contributed by atoms with Gasteiger partial charge in [0.1, 0.15) is 0 Å². The fourth-order valence-corrected chi connectivity index (χ4v) is 0.985. The van der Waals surface area contributed by atoms with Crippen LogP contribution in [-0.4, -0.2) is 20.9 Å². The van der Waals surface area contributed by atoms with Crippen LogP contribution in [0.15, 0.2) is 29.0 Å². The van der Waals surface area contributed by atoms with Crippen molar-refractivity contribution in [1.82, 2.24) is 15.1 Å². The van der Waals surface area contributed by atoms with Crippen LogP contribution in [0.2, 0.25) is 0 Å². The molecule has 0 amide bonds. The van der Waals surface area contributed by atoms with Crippen molar-refractivity contribution >= 4 is 5.78 Å². The molecule has 5 nitrogen and oxygen atoms in total. The fraction of sp³-hybridized carbons (Fsp3) is 0.111. The van der Waals surface area contributed by atoms with Crippen LogP contribution < -0.4 is 0 Å². The predicted molar refractivity (Wildman–Crippen MR) is 47.5 cm³/mol. The maximum Gasteiger partial charge on any atom is 0.294 e. The Bertz CT molecular complexity index is 450. The van der Waals surface area contributed by atoms with E-state index in [4.69, 9.17) is 4.52 Å². The Kier molecular flexibility index (Phi) is 2.06. The van der Waals surface area contributed by atoms with Gasteiger partial charge in [-0.2, -0.15) is 4.98 Å². The van der Waals surface area contributed by atoms with Crippen LogP contribution in [0.5, 0.6) is 0 Å². The van der Waals surface area contributed by atoms with Crippen molar-refractivity contribution in [1.29, 1.82) is 0 Å². The first-order chi connectivity index (χ1) is 6.77. The van der Waals surface area contributed by atoms with Gasteiger partial charge in [-0.05, 0) is 12.1 Å². The normalized spacial score (nSPS) is 10.1. The minimum Gasteiger partial charge on any atom is -0.330 e. The van der Waals surface area contributed by atoms with E-state index < -0.39 is 0 Å². The molecule has 0 radical (unpaired) electrons. The molecule has 0 unspecified atom stereocenters. The highest BCUT2D eigenvalue weighted by Gasteiger charge is 2.11. The van der Waals surface area contributed by atoms with E-state index in [1.165, 1.54) is 6.92 Å². The van der Waals surface area contributed by atoms with Crippen LogP contribution in [0.4, 0.5) is 0 Å². The molecule has 0 aliphatic rings. The van der Waals surface area contributed by atoms with Gasteiger partial charge in [-0.25, -0.2) is 0 Å². The third-order valence-corrected chi connectivity index (χ3v) is 1.67. The average molecular weight is 189 g/mol. The molecule has 0 aromatic carbocycles. The SMILES string of the molecule is CC(=O)c1nc(-c2ccncc2)no1. The highest BCUT2D eigenvalue weighted by atomic mass is 16.5. The summed E-state index contributed by atoms with van der Waals surface area (Å²) in [6.45, 7) is 1.38. The van der Waals surface area contributed by atoms with E-state index in [9.17, 15) is 4.79 Å². The molecule has 2 heterocycles. The number of hydrogen-bond acceptors (Lipinski definition) is 5. The third kappa shape index (κ3) is 1.52. The number of hydrogen-bond donors (Lipinski definition) is 0. The third-order valence-electron chi connectivity index (χ3n) is 1.67. The molecule has 0 bridgehead atoms. The summed E-state index contributed by atoms with van der Waals surface area (Å²) in [6.07, 6.45) is 3.25. The van der Waals surface area contributed by atoms with Crippen molar-refractivity contribution in [2.45, 2.75) is 6.92 Å². The number of pyridine rings is 1. The number of Topliss-reactive ketones (excluding diaryl/α,β-unsaturated/α-hetero) is 1. The second-order valence-corrected chi connectivity index (χ2v) is 2.72. The zero-order valence-electron chi connectivity index (χ0n) is 7.47. The summed E-state index contributed by atoms with van der Waals surface area (Å²) >= 11 is 0. The number of carbonyl (C=O) groups excluding carboxylic acids is 1. The fourth-order valence-electron chi connectivity index (χ4n) is 0.985. The van der Waals surface area contributed by atoms with Crippen LogP contribution in [0.25, 0.3) is 11.4 Å². The summed E-state index contributed by atoms with van der Waals surface area (Å²) in [4.78, 5) is 18.7. The second kappa shape index (κ2) is 3.37. The number of carbonyl (C=O) groups is 1. The van der Waals surface area contributed by atoms with Gasteiger partial charge < -0.3 is 4.52 Å². The van der Waals surface area contributed by atoms with Crippen LogP contribution in [-0.2, 0) is 0 Å². The number of aromatic nitrogens is 3. The predicted octanol–water partition coefficient (Wildman–Crippen LogP) is 1.33. The molecule has 0 fully saturated rings. The molecule has 5 heteroatoms. The van der Waals surface area contributed by atoms with Gasteiger partial charge in [0.25, 0.3) is 5.89 Å². The second-order valence-electron chi connectivity index (χ2n) is 2.72. The molecule has 2 aromatic heterocycles. The van der Waals surface area contributed by atoms with E-state index in [1.807, 2.05) is 0 Å². The minimum atomic E-state index is -0.238. The van der Waals surface area contributed by atoms with Crippen LogP contribution in [0.3, 0.4) is 0 Å². The highest BCUT2D eigenvalue weighted by Crippen LogP contribution is 2.13. The number of nitrogens with zero attached hydrogens (tertiary/aromatic N) is 3. The molecule has 0 spiro atoms. The molecule has 14 heavy (non-hydrogen) atoms. The van der Waals surface area contributed by atoms with Crippen molar-refractivity contribution in [3.63, 3.8) is 0 Å². The quantitative estimate of drug-likeness (QED) is 0.666. The Hall–Kier alpha value is -2.04. The Morgan fingerprint density at radius 2 is 2.07 bits per heavy atom. The Morgan fingerprint density at radius 1 is 1.36 bits per heavy atom. The molecular formula is C9H7N3O2. The molecule has 0 atom stereocenters. The number of ketones is 1. The van der Waals surface area contributed by atoms with Gasteiger partial charge in [0.2, 0.25) is 11.6 Å². The summed E-state index contributed by atoms with van der Waals surface area (Å²) in [7, 11) is 0. The van der Waals surface area contributed by atoms with Crippen LogP contribution >= 0.6 is 0 Å². The van der Waals surface area contributed by atoms with E-state index in [0.717, 1.165) is 5.56 Å². The molecular weight excluding hydrogens is 182 g/mol. The lowest BCUT2D eigenvalue weighted by Crippen LogP contribution is -1.91. The van der Waals surface area contributed by atoms with E-state index in [1.54, 1.807) is 24.5 Å². The molecule has 2 rings (SSSR count). The van der Waals surface area contributed by atoms with Crippen molar-refractivity contribution in [3.05, 3.63) is 30.4 Å². The first kappa shape index (κ1) is 8.55. The summed E-state index contributed by atoms with van der Waals surface area (Å²) < 4.78 is 4.75. The van der Waals surface area contributed by atoms with Gasteiger partial charge in [0.15, 0.2) is 0 Å². The van der Waals surface area contributed by atoms with Crippen molar-refractivity contribution in [2.75, 3.05) is 0 Å². The Balaban J connectivity index is 2.39. The lowest BCUT2D eigenvalue weighted by molar-refractivity contribution is 0.0972. The molecule has 0 aliphatic heterocycles. The minimum absolute atomic E-state index is 0.0248. The van der Waals surface area contributed by atoms with Crippen molar-refractivity contribution in [2.24, 2.45) is 0 Å². The lowest BCUT2D eigenvalue weighted by atomic mass is 10.2. The Labute approximate surface area is 79.8 Å². The molecule has 0 N–H and O–H groups in total. The summed E-state index contributed by atoms with van der Waals surface area (Å²) in [6, 6.07) is 3.49. The summed E-state index contributed by atoms with van der Waals surface area (Å²) in [5.41, 5.74) is 0.774. The lowest BCUT2D eigenvalue weighted by Gasteiger charge is -1.89. The van der Waals surface area contributed by atoms with Crippen molar-refractivity contribution in [3.8, 4) is 11.4 Å². The topological polar surface area (TPSA) is 68.9 Å². The molecule has 2 aromatic rings. The van der Waals surface area contributed by atoms with Crippen LogP contribution in [0.1, 0.15) is 17.6 Å². The molecule has 70 valence electrons. The molecule has 0 aliphatic carbocycles. The van der Waals surface area contributed by atoms with Gasteiger partial charge in [-0.3, -0.25) is 9.78 Å². The monoisotopic (exact) mass is 189 g/mol. The maximum absolute atomic E-state index is 10.9. The molecule has 0 saturated heterocycles. The first-order valence-corrected chi connectivity index (χ1v) is 4.02. The summed E-state index contributed by atoms with van der Waals surface area (Å²) in [5, 5.41) is 3.67. The van der Waals surface area contributed by atoms with Crippen LogP contribution in [0, 0.1) is 0 Å². The Morgan fingerprint density at radius 3 is 2.64 bits per heavy atom. The molecule has 0 saturated carbocycles. The smallest absolute Gasteiger partial charge is 0.294 e. The van der Waals surface area contributed by atoms with Gasteiger partial charge in [0, 0.05) is 24.9 Å². The first-order valence-electron chi connectivity index (χ1n) is 4.02. The zero-order valence-corrected chi connectivity index (χ0v) is 7.47. The summed E-state index contributed by atoms with van der Waals surface area (Å²) in [5.74, 6) is 0.187. The highest BCUT2D eigenvalue weighted by molar-refractivity contribution is 5.89. The van der Waals surface area contributed by atoms with E-state index in [-0.39, 0.29) is 11.7 Å². The number of rotatable bonds is 2. The van der Waals surface area contributed by atoms with E-state index >= 15 is 0 Å². The van der Waals surface area contributed by atoms with E-state index in [2.05, 4.69) is 15.1 Å². The van der Waals surface area contributed by atoms with Gasteiger partial charge in [-0.1, -0.05) is 5.16 Å². The van der Waals surface area contributed by atoms with Crippen molar-refractivity contribution < 1.29 is 9.32 Å². The van der Waals surface area contributed by atoms with E-state index in [0.29, 0.717) is 5.82 Å². The maximum atomic E-state index is 10.9. The zero-order chi connectivity index (χ0) is 9.97. The average Bonchev–Trinajstić information content (AvgIpc) is 2.68. The van der Waals surface area contributed by atoms with Gasteiger partial charge in [0.05, 0.1) is 0 Å². The standard InChI is InChI=1S/C9H7N3O2/c1-6(13)9-11-8(12-14-9)7-2-4-10-5-3-7/h2-5H,1H3. The largest absolute Gasteiger partial charge is 0.330 e.